The van der Waals surface area contributed by atoms with Crippen LogP contribution in [0.1, 0.15) is 0 Å². The number of carbonyl (C=O) groups is 1. The van der Waals surface area contributed by atoms with Gasteiger partial charge in [-0.1, -0.05) is 24.3 Å². The van der Waals surface area contributed by atoms with Crippen LogP contribution in [0.4, 0.5) is 5.69 Å². The summed E-state index contributed by atoms with van der Waals surface area (Å²) in [6, 6.07) is 14.4. The van der Waals surface area contributed by atoms with Gasteiger partial charge in [-0.2, -0.15) is 0 Å². The Morgan fingerprint density at radius 1 is 1.17 bits per heavy atom. The van der Waals surface area contributed by atoms with Gasteiger partial charge in [0, 0.05) is 23.7 Å². The first-order valence-corrected chi connectivity index (χ1v) is 9.09. The number of carbonyl (C=O) groups excluding carboxylic acids is 1. The lowest BCUT2D eigenvalue weighted by molar-refractivity contribution is -0.116. The molecule has 0 spiro atoms. The van der Waals surface area contributed by atoms with E-state index in [1.165, 1.54) is 15.6 Å². The Kier molecular flexibility index (Phi) is 4.09. The van der Waals surface area contributed by atoms with Gasteiger partial charge < -0.3 is 9.73 Å². The van der Waals surface area contributed by atoms with Crippen LogP contribution >= 0.6 is 0 Å². The van der Waals surface area contributed by atoms with Crippen molar-refractivity contribution >= 4 is 33.7 Å². The molecule has 0 bridgehead atoms. The monoisotopic (exact) mass is 401 g/mol. The maximum Gasteiger partial charge on any atom is 0.297 e. The maximum atomic E-state index is 12.8. The Morgan fingerprint density at radius 3 is 2.87 bits per heavy atom. The van der Waals surface area contributed by atoms with Crippen LogP contribution in [-0.2, 0) is 18.4 Å². The molecule has 0 atom stereocenters. The van der Waals surface area contributed by atoms with Gasteiger partial charge in [-0.05, 0) is 34.7 Å². The predicted octanol–water partition coefficient (Wildman–Crippen LogP) is 1.97. The van der Waals surface area contributed by atoms with Crippen molar-refractivity contribution in [3.63, 3.8) is 0 Å². The number of nitrogens with one attached hydrogen (secondary N) is 1. The topological polar surface area (TPSA) is 121 Å². The number of nitrogens with zero attached hydrogens (tertiary/aromatic N) is 6. The summed E-state index contributed by atoms with van der Waals surface area (Å²) in [5.41, 5.74) is 2.09. The molecule has 10 nitrogen and oxygen atoms in total. The first kappa shape index (κ1) is 17.7. The molecule has 2 aromatic carbocycles. The van der Waals surface area contributed by atoms with E-state index in [4.69, 9.17) is 4.42 Å². The molecule has 1 N–H and O–H groups in total. The van der Waals surface area contributed by atoms with E-state index in [0.717, 1.165) is 10.9 Å². The quantitative estimate of drug-likeness (QED) is 0.489. The minimum atomic E-state index is -0.412. The van der Waals surface area contributed by atoms with Gasteiger partial charge in [0.15, 0.2) is 5.82 Å². The van der Waals surface area contributed by atoms with Crippen LogP contribution in [0.15, 0.2) is 64.1 Å². The summed E-state index contributed by atoms with van der Waals surface area (Å²) in [7, 11) is 1.73. The third-order valence-electron chi connectivity index (χ3n) is 4.69. The lowest BCUT2D eigenvalue weighted by Crippen LogP contribution is -2.27. The number of furan rings is 1. The smallest absolute Gasteiger partial charge is 0.297 e. The number of benzene rings is 2. The largest absolute Gasteiger partial charge is 0.448 e. The fourth-order valence-corrected chi connectivity index (χ4v) is 3.29. The second kappa shape index (κ2) is 6.92. The highest BCUT2D eigenvalue weighted by Gasteiger charge is 2.15. The molecular formula is C20H15N7O3. The van der Waals surface area contributed by atoms with Gasteiger partial charge in [0.25, 0.3) is 5.56 Å². The fourth-order valence-electron chi connectivity index (χ4n) is 3.29. The van der Waals surface area contributed by atoms with Crippen molar-refractivity contribution in [2.45, 2.75) is 6.54 Å². The molecule has 3 heterocycles. The van der Waals surface area contributed by atoms with Crippen LogP contribution in [0.5, 0.6) is 0 Å². The Bertz CT molecular complexity index is 1460. The number of tetrazole rings is 1. The van der Waals surface area contributed by atoms with E-state index in [1.54, 1.807) is 31.3 Å². The number of amides is 1. The number of anilines is 1. The van der Waals surface area contributed by atoms with Crippen molar-refractivity contribution in [2.75, 3.05) is 5.32 Å². The van der Waals surface area contributed by atoms with Crippen LogP contribution in [0.2, 0.25) is 0 Å². The average Bonchev–Trinajstić information content (AvgIpc) is 3.34. The Morgan fingerprint density at radius 2 is 2.03 bits per heavy atom. The zero-order chi connectivity index (χ0) is 20.7. The zero-order valence-corrected chi connectivity index (χ0v) is 15.8. The summed E-state index contributed by atoms with van der Waals surface area (Å²) in [6.45, 7) is -0.200. The Balaban J connectivity index is 1.40. The fraction of sp³-hybridized carbons (Fsp3) is 0.100. The van der Waals surface area contributed by atoms with Crippen LogP contribution in [0, 0.1) is 0 Å². The highest BCUT2D eigenvalue weighted by Crippen LogP contribution is 2.24. The van der Waals surface area contributed by atoms with Gasteiger partial charge in [-0.25, -0.2) is 9.67 Å². The van der Waals surface area contributed by atoms with Crippen molar-refractivity contribution in [3.05, 3.63) is 65.2 Å². The van der Waals surface area contributed by atoms with Crippen LogP contribution < -0.4 is 10.9 Å². The van der Waals surface area contributed by atoms with Gasteiger partial charge in [-0.3, -0.25) is 14.2 Å². The second-order valence-electron chi connectivity index (χ2n) is 6.71. The molecule has 0 radical (unpaired) electrons. The normalized spacial score (nSPS) is 11.2. The third kappa shape index (κ3) is 3.00. The average molecular weight is 401 g/mol. The molecular weight excluding hydrogens is 386 g/mol. The molecule has 0 saturated carbocycles. The minimum Gasteiger partial charge on any atom is -0.448 e. The van der Waals surface area contributed by atoms with E-state index in [0.29, 0.717) is 22.6 Å². The number of para-hydroxylation sites is 1. The van der Waals surface area contributed by atoms with Crippen molar-refractivity contribution < 1.29 is 9.21 Å². The molecule has 10 heteroatoms. The highest BCUT2D eigenvalue weighted by atomic mass is 16.3. The Labute approximate surface area is 168 Å². The van der Waals surface area contributed by atoms with Crippen molar-refractivity contribution in [3.8, 4) is 11.4 Å². The standard InChI is InChI=1S/C20H15N7O3/c1-26-19(23-24-25-26)12-5-4-6-13(9-12)22-16(28)10-27-11-21-17-14-7-2-3-8-15(14)30-18(17)20(27)29/h2-9,11H,10H2,1H3,(H,22,28). The third-order valence-corrected chi connectivity index (χ3v) is 4.69. The van der Waals surface area contributed by atoms with Gasteiger partial charge in [0.05, 0.1) is 6.33 Å². The summed E-state index contributed by atoms with van der Waals surface area (Å²) in [5, 5.41) is 14.9. The van der Waals surface area contributed by atoms with Gasteiger partial charge in [-0.15, -0.1) is 5.10 Å². The van der Waals surface area contributed by atoms with Crippen molar-refractivity contribution in [1.82, 2.24) is 29.8 Å². The number of aryl methyl sites for hydroxylation is 1. The van der Waals surface area contributed by atoms with Gasteiger partial charge in [0.2, 0.25) is 11.5 Å². The lowest BCUT2D eigenvalue weighted by Gasteiger charge is -2.08. The van der Waals surface area contributed by atoms with E-state index >= 15 is 0 Å². The molecule has 30 heavy (non-hydrogen) atoms. The molecule has 5 rings (SSSR count). The number of rotatable bonds is 4. The van der Waals surface area contributed by atoms with Gasteiger partial charge in [0.1, 0.15) is 17.6 Å². The summed E-state index contributed by atoms with van der Waals surface area (Å²) in [4.78, 5) is 29.6. The van der Waals surface area contributed by atoms with Crippen molar-refractivity contribution in [1.29, 1.82) is 0 Å². The van der Waals surface area contributed by atoms with Crippen LogP contribution in [0.3, 0.4) is 0 Å². The maximum absolute atomic E-state index is 12.8. The first-order valence-electron chi connectivity index (χ1n) is 9.09. The van der Waals surface area contributed by atoms with Crippen molar-refractivity contribution in [2.24, 2.45) is 7.05 Å². The lowest BCUT2D eigenvalue weighted by atomic mass is 10.2. The molecule has 0 fully saturated rings. The minimum absolute atomic E-state index is 0.128. The summed E-state index contributed by atoms with van der Waals surface area (Å²) >= 11 is 0. The molecule has 0 saturated heterocycles. The van der Waals surface area contributed by atoms with E-state index in [1.807, 2.05) is 24.3 Å². The summed E-state index contributed by atoms with van der Waals surface area (Å²) < 4.78 is 8.40. The van der Waals surface area contributed by atoms with E-state index in [2.05, 4.69) is 25.8 Å². The zero-order valence-electron chi connectivity index (χ0n) is 15.8. The molecule has 3 aromatic heterocycles. The molecule has 148 valence electrons. The van der Waals surface area contributed by atoms with E-state index < -0.39 is 5.56 Å². The number of hydrogen-bond acceptors (Lipinski definition) is 7. The number of fused-ring (bicyclic) bond motifs is 3. The molecule has 0 aliphatic heterocycles. The highest BCUT2D eigenvalue weighted by molar-refractivity contribution is 6.01. The summed E-state index contributed by atoms with van der Waals surface area (Å²) in [5.74, 6) is 0.199. The molecule has 0 aliphatic carbocycles. The SMILES string of the molecule is Cn1nnnc1-c1cccc(NC(=O)Cn2cnc3c(oc4ccccc43)c2=O)c1. The molecule has 0 unspecified atom stereocenters. The predicted molar refractivity (Wildman–Crippen MR) is 109 cm³/mol. The first-order chi connectivity index (χ1) is 14.6. The van der Waals surface area contributed by atoms with Gasteiger partial charge >= 0.3 is 0 Å². The summed E-state index contributed by atoms with van der Waals surface area (Å²) in [6.07, 6.45) is 1.36. The van der Waals surface area contributed by atoms with E-state index in [9.17, 15) is 9.59 Å². The molecule has 1 amide bonds. The second-order valence-corrected chi connectivity index (χ2v) is 6.71. The van der Waals surface area contributed by atoms with E-state index in [-0.39, 0.29) is 18.0 Å². The molecule has 0 aliphatic rings. The van der Waals surface area contributed by atoms with Crippen LogP contribution in [0.25, 0.3) is 33.5 Å². The van der Waals surface area contributed by atoms with Crippen LogP contribution in [-0.4, -0.2) is 35.7 Å². The molecule has 5 aromatic rings. The number of hydrogen-bond donors (Lipinski definition) is 1. The Hall–Kier alpha value is -4.34. The number of aromatic nitrogens is 6.